The summed E-state index contributed by atoms with van der Waals surface area (Å²) in [6, 6.07) is 15.2. The molecular weight excluding hydrogens is 387 g/mol. The molecule has 0 spiro atoms. The van der Waals surface area contributed by atoms with Gasteiger partial charge in [0.05, 0.1) is 23.0 Å². The van der Waals surface area contributed by atoms with E-state index in [1.165, 1.54) is 0 Å². The lowest BCUT2D eigenvalue weighted by atomic mass is 10.1. The summed E-state index contributed by atoms with van der Waals surface area (Å²) >= 11 is 12.0. The quantitative estimate of drug-likeness (QED) is 0.591. The molecule has 2 aromatic carbocycles. The van der Waals surface area contributed by atoms with Gasteiger partial charge in [-0.2, -0.15) is 0 Å². The highest BCUT2D eigenvalue weighted by Gasteiger charge is 2.08. The lowest BCUT2D eigenvalue weighted by Crippen LogP contribution is -2.19. The van der Waals surface area contributed by atoms with Crippen LogP contribution in [0.4, 0.5) is 16.2 Å². The minimum absolute atomic E-state index is 0.402. The van der Waals surface area contributed by atoms with Crippen LogP contribution in [0.2, 0.25) is 10.0 Å². The third-order valence-corrected chi connectivity index (χ3v) is 4.11. The summed E-state index contributed by atoms with van der Waals surface area (Å²) < 4.78 is 5.28. The van der Waals surface area contributed by atoms with E-state index in [0.29, 0.717) is 39.6 Å². The highest BCUT2D eigenvalue weighted by atomic mass is 35.5. The number of rotatable bonds is 5. The fraction of sp³-hybridized carbons (Fsp3) is 0.105. The van der Waals surface area contributed by atoms with Gasteiger partial charge in [-0.3, -0.25) is 0 Å². The number of carbonyl (C=O) groups is 1. The van der Waals surface area contributed by atoms with Crippen molar-refractivity contribution in [3.8, 4) is 17.1 Å². The molecule has 27 heavy (non-hydrogen) atoms. The molecule has 3 rings (SSSR count). The Hall–Kier alpha value is -2.83. The zero-order valence-corrected chi connectivity index (χ0v) is 15.9. The van der Waals surface area contributed by atoms with E-state index < -0.39 is 6.03 Å². The largest absolute Gasteiger partial charge is 0.477 e. The predicted molar refractivity (Wildman–Crippen MR) is 108 cm³/mol. The Balaban J connectivity index is 1.64. The molecule has 2 amide bonds. The van der Waals surface area contributed by atoms with Crippen LogP contribution >= 0.6 is 23.2 Å². The van der Waals surface area contributed by atoms with E-state index in [1.807, 2.05) is 25.1 Å². The molecular formula is C19H16Cl2N4O2. The third-order valence-electron chi connectivity index (χ3n) is 3.55. The first-order chi connectivity index (χ1) is 13.0. The van der Waals surface area contributed by atoms with Crippen molar-refractivity contribution in [2.24, 2.45) is 0 Å². The lowest BCUT2D eigenvalue weighted by molar-refractivity contribution is 0.262. The number of amides is 2. The Morgan fingerprint density at radius 1 is 1.00 bits per heavy atom. The molecule has 0 atom stereocenters. The Labute approximate surface area is 166 Å². The molecule has 138 valence electrons. The number of nitrogens with one attached hydrogen (secondary N) is 2. The second kappa shape index (κ2) is 8.70. The molecule has 0 radical (unpaired) electrons. The van der Waals surface area contributed by atoms with Crippen LogP contribution in [0.5, 0.6) is 5.88 Å². The summed E-state index contributed by atoms with van der Waals surface area (Å²) in [6.45, 7) is 2.43. The third kappa shape index (κ3) is 5.09. The molecule has 0 saturated heterocycles. The molecule has 0 bridgehead atoms. The maximum atomic E-state index is 12.1. The molecule has 2 N–H and O–H groups in total. The Kier molecular flexibility index (Phi) is 6.11. The summed E-state index contributed by atoms with van der Waals surface area (Å²) in [5.74, 6) is 0.482. The Bertz CT molecular complexity index is 931. The summed E-state index contributed by atoms with van der Waals surface area (Å²) in [5, 5.41) is 14.4. The SMILES string of the molecule is CCOc1ccc(-c2ccc(NC(=O)Nc3cc(Cl)ccc3Cl)cc2)nn1. The van der Waals surface area contributed by atoms with Gasteiger partial charge in [-0.05, 0) is 43.3 Å². The minimum atomic E-state index is -0.423. The van der Waals surface area contributed by atoms with Crippen molar-refractivity contribution in [3.63, 3.8) is 0 Å². The maximum Gasteiger partial charge on any atom is 0.323 e. The first kappa shape index (κ1) is 18.9. The number of aromatic nitrogens is 2. The van der Waals surface area contributed by atoms with E-state index in [1.54, 1.807) is 36.4 Å². The predicted octanol–water partition coefficient (Wildman–Crippen LogP) is 5.49. The van der Waals surface area contributed by atoms with Crippen LogP contribution in [0.25, 0.3) is 11.3 Å². The highest BCUT2D eigenvalue weighted by Crippen LogP contribution is 2.26. The fourth-order valence-electron chi connectivity index (χ4n) is 2.30. The number of ether oxygens (including phenoxy) is 1. The zero-order chi connectivity index (χ0) is 19.2. The molecule has 0 aliphatic rings. The van der Waals surface area contributed by atoms with Gasteiger partial charge in [0.2, 0.25) is 5.88 Å². The van der Waals surface area contributed by atoms with Crippen LogP contribution in [0.15, 0.2) is 54.6 Å². The second-order valence-electron chi connectivity index (χ2n) is 5.47. The fourth-order valence-corrected chi connectivity index (χ4v) is 2.64. The van der Waals surface area contributed by atoms with Gasteiger partial charge in [0, 0.05) is 22.3 Å². The van der Waals surface area contributed by atoms with Crippen LogP contribution < -0.4 is 15.4 Å². The van der Waals surface area contributed by atoms with Gasteiger partial charge in [0.15, 0.2) is 0 Å². The molecule has 0 fully saturated rings. The molecule has 3 aromatic rings. The molecule has 8 heteroatoms. The van der Waals surface area contributed by atoms with E-state index in [0.717, 1.165) is 5.56 Å². The number of nitrogens with zero attached hydrogens (tertiary/aromatic N) is 2. The van der Waals surface area contributed by atoms with Gasteiger partial charge in [-0.15, -0.1) is 10.2 Å². The molecule has 0 aliphatic carbocycles. The molecule has 0 unspecified atom stereocenters. The van der Waals surface area contributed by atoms with E-state index in [-0.39, 0.29) is 0 Å². The topological polar surface area (TPSA) is 76.1 Å². The summed E-state index contributed by atoms with van der Waals surface area (Å²) in [5.41, 5.74) is 2.63. The number of benzene rings is 2. The monoisotopic (exact) mass is 402 g/mol. The number of hydrogen-bond donors (Lipinski definition) is 2. The van der Waals surface area contributed by atoms with Crippen molar-refractivity contribution in [2.45, 2.75) is 6.92 Å². The molecule has 1 aromatic heterocycles. The smallest absolute Gasteiger partial charge is 0.323 e. The normalized spacial score (nSPS) is 10.3. The van der Waals surface area contributed by atoms with Gasteiger partial charge in [-0.1, -0.05) is 35.3 Å². The number of carbonyl (C=O) groups excluding carboxylic acids is 1. The molecule has 6 nitrogen and oxygen atoms in total. The lowest BCUT2D eigenvalue weighted by Gasteiger charge is -2.10. The molecule has 1 heterocycles. The van der Waals surface area contributed by atoms with Gasteiger partial charge in [0.25, 0.3) is 0 Å². The van der Waals surface area contributed by atoms with E-state index in [9.17, 15) is 4.79 Å². The van der Waals surface area contributed by atoms with Crippen molar-refractivity contribution >= 4 is 40.6 Å². The van der Waals surface area contributed by atoms with E-state index in [2.05, 4.69) is 20.8 Å². The van der Waals surface area contributed by atoms with Crippen molar-refractivity contribution in [2.75, 3.05) is 17.2 Å². The van der Waals surface area contributed by atoms with Crippen LogP contribution in [0, 0.1) is 0 Å². The summed E-state index contributed by atoms with van der Waals surface area (Å²) in [4.78, 5) is 12.1. The standard InChI is InChI=1S/C19H16Cl2N4O2/c1-2-27-18-10-9-16(24-25-18)12-3-6-14(7-4-12)22-19(26)23-17-11-13(20)5-8-15(17)21/h3-11H,2H2,1H3,(H2,22,23,26). The van der Waals surface area contributed by atoms with Crippen molar-refractivity contribution in [3.05, 3.63) is 64.6 Å². The Morgan fingerprint density at radius 2 is 1.78 bits per heavy atom. The Morgan fingerprint density at radius 3 is 2.44 bits per heavy atom. The average molecular weight is 403 g/mol. The maximum absolute atomic E-state index is 12.1. The van der Waals surface area contributed by atoms with Gasteiger partial charge in [0.1, 0.15) is 0 Å². The van der Waals surface area contributed by atoms with Crippen molar-refractivity contribution in [1.29, 1.82) is 0 Å². The molecule has 0 saturated carbocycles. The van der Waals surface area contributed by atoms with E-state index in [4.69, 9.17) is 27.9 Å². The number of halogens is 2. The molecule has 0 aliphatic heterocycles. The van der Waals surface area contributed by atoms with E-state index >= 15 is 0 Å². The van der Waals surface area contributed by atoms with Crippen LogP contribution in [0.1, 0.15) is 6.92 Å². The highest BCUT2D eigenvalue weighted by molar-refractivity contribution is 6.35. The number of urea groups is 1. The van der Waals surface area contributed by atoms with Crippen LogP contribution in [-0.2, 0) is 0 Å². The van der Waals surface area contributed by atoms with Crippen molar-refractivity contribution in [1.82, 2.24) is 10.2 Å². The first-order valence-electron chi connectivity index (χ1n) is 8.15. The summed E-state index contributed by atoms with van der Waals surface area (Å²) in [6.07, 6.45) is 0. The first-order valence-corrected chi connectivity index (χ1v) is 8.91. The summed E-state index contributed by atoms with van der Waals surface area (Å²) in [7, 11) is 0. The van der Waals surface area contributed by atoms with Crippen LogP contribution in [0.3, 0.4) is 0 Å². The zero-order valence-electron chi connectivity index (χ0n) is 14.4. The average Bonchev–Trinajstić information content (AvgIpc) is 2.66. The van der Waals surface area contributed by atoms with Crippen molar-refractivity contribution < 1.29 is 9.53 Å². The van der Waals surface area contributed by atoms with Gasteiger partial charge >= 0.3 is 6.03 Å². The van der Waals surface area contributed by atoms with Gasteiger partial charge < -0.3 is 15.4 Å². The number of anilines is 2. The number of hydrogen-bond acceptors (Lipinski definition) is 4. The van der Waals surface area contributed by atoms with Gasteiger partial charge in [-0.25, -0.2) is 4.79 Å². The van der Waals surface area contributed by atoms with Crippen LogP contribution in [-0.4, -0.2) is 22.8 Å². The minimum Gasteiger partial charge on any atom is -0.477 e. The second-order valence-corrected chi connectivity index (χ2v) is 6.31.